The second kappa shape index (κ2) is 17.4. The number of alkyl carbamates (subject to hydrolysis) is 1. The van der Waals surface area contributed by atoms with Crippen LogP contribution >= 0.6 is 0 Å². The van der Waals surface area contributed by atoms with Gasteiger partial charge in [0.25, 0.3) is 0 Å². The van der Waals surface area contributed by atoms with Gasteiger partial charge in [0, 0.05) is 24.8 Å². The minimum Gasteiger partial charge on any atom is -0.454 e. The molecule has 1 spiro atoms. The van der Waals surface area contributed by atoms with Crippen molar-refractivity contribution < 1.29 is 81.7 Å². The third-order valence-electron chi connectivity index (χ3n) is 12.6. The molecule has 1 unspecified atom stereocenters. The van der Waals surface area contributed by atoms with Crippen LogP contribution in [0.3, 0.4) is 0 Å². The molecule has 10 atom stereocenters. The molecule has 0 aromatic rings. The van der Waals surface area contributed by atoms with E-state index in [1.165, 1.54) is 26.8 Å². The maximum absolute atomic E-state index is 15.6. The number of allylic oxidation sites excluding steroid dienone is 3. The van der Waals surface area contributed by atoms with Crippen LogP contribution in [-0.4, -0.2) is 125 Å². The van der Waals surface area contributed by atoms with Crippen molar-refractivity contribution >= 4 is 41.9 Å². The first-order chi connectivity index (χ1) is 28.6. The number of fused-ring (bicyclic) bond motifs is 1. The van der Waals surface area contributed by atoms with E-state index in [-0.39, 0.29) is 48.7 Å². The molecular weight excluding hydrogens is 814 g/mol. The van der Waals surface area contributed by atoms with Gasteiger partial charge in [-0.05, 0) is 77.9 Å². The van der Waals surface area contributed by atoms with Crippen LogP contribution in [0.25, 0.3) is 0 Å². The monoisotopic (exact) mass is 875 g/mol. The van der Waals surface area contributed by atoms with Gasteiger partial charge in [0.2, 0.25) is 5.60 Å². The Morgan fingerprint density at radius 3 is 2.11 bits per heavy atom. The number of hydrogen-bond acceptors (Lipinski definition) is 17. The maximum Gasteiger partial charge on any atom is 0.509 e. The van der Waals surface area contributed by atoms with Crippen LogP contribution in [0.2, 0.25) is 0 Å². The summed E-state index contributed by atoms with van der Waals surface area (Å²) in [5.74, 6) is -6.73. The molecule has 3 aliphatic carbocycles. The molecule has 0 aromatic carbocycles. The zero-order valence-electron chi connectivity index (χ0n) is 37.5. The number of carbonyl (C=O) groups is 7. The minimum absolute atomic E-state index is 0.0351. The van der Waals surface area contributed by atoms with E-state index in [4.69, 9.17) is 37.9 Å². The van der Waals surface area contributed by atoms with Crippen molar-refractivity contribution in [1.82, 2.24) is 5.32 Å². The average molecular weight is 876 g/mol. The molecule has 18 heteroatoms. The van der Waals surface area contributed by atoms with Crippen LogP contribution in [0.1, 0.15) is 102 Å². The Hall–Kier alpha value is -4.81. The number of aliphatic hydroxyl groups excluding tert-OH is 2. The van der Waals surface area contributed by atoms with Crippen LogP contribution in [0.15, 0.2) is 34.9 Å². The smallest absolute Gasteiger partial charge is 0.454 e. The Labute approximate surface area is 361 Å². The summed E-state index contributed by atoms with van der Waals surface area (Å²) >= 11 is 0. The number of ether oxygens (including phenoxy) is 8. The summed E-state index contributed by atoms with van der Waals surface area (Å²) in [7, 11) is 0. The SMILES string of the molecule is CC(=O)O[C@H]1C(=O)C(C)([C@H](C)O)[C@@H](C2(OC(C)=O)COC2)[C@H](OC(=O)C2=CC=CCC2)[C@]23OC(=O)O[C@H]2[C@H](OC(=O)[C@H](O)[C@H](CC(C)C)NC(=O)OC(C)(C)C)C(C)=C1C3(C)C. The number of nitrogens with one attached hydrogen (secondary N) is 1. The van der Waals surface area contributed by atoms with E-state index in [9.17, 15) is 39.0 Å². The van der Waals surface area contributed by atoms with E-state index in [0.29, 0.717) is 6.42 Å². The summed E-state index contributed by atoms with van der Waals surface area (Å²) in [6, 6.07) is -1.26. The van der Waals surface area contributed by atoms with Gasteiger partial charge in [0.15, 0.2) is 41.9 Å². The zero-order valence-corrected chi connectivity index (χ0v) is 37.5. The van der Waals surface area contributed by atoms with Gasteiger partial charge in [0.05, 0.1) is 36.7 Å². The number of Topliss-reactive ketones (excluding diaryl/α,β-unsaturated/α-hetero) is 1. The third-order valence-corrected chi connectivity index (χ3v) is 12.6. The number of hydrogen-bond donors (Lipinski definition) is 3. The normalized spacial score (nSPS) is 31.3. The number of esters is 4. The quantitative estimate of drug-likeness (QED) is 0.143. The Kier molecular flexibility index (Phi) is 13.5. The van der Waals surface area contributed by atoms with Crippen molar-refractivity contribution in [3.8, 4) is 0 Å². The lowest BCUT2D eigenvalue weighted by molar-refractivity contribution is -0.296. The van der Waals surface area contributed by atoms with Gasteiger partial charge in [0.1, 0.15) is 5.60 Å². The first-order valence-corrected chi connectivity index (χ1v) is 20.9. The molecule has 2 aliphatic heterocycles. The van der Waals surface area contributed by atoms with Gasteiger partial charge in [-0.15, -0.1) is 0 Å². The molecular formula is C44H61NO17. The van der Waals surface area contributed by atoms with Gasteiger partial charge in [-0.1, -0.05) is 45.9 Å². The Morgan fingerprint density at radius 1 is 0.968 bits per heavy atom. The van der Waals surface area contributed by atoms with Gasteiger partial charge >= 0.3 is 36.1 Å². The van der Waals surface area contributed by atoms with Crippen molar-refractivity contribution in [1.29, 1.82) is 0 Å². The van der Waals surface area contributed by atoms with Gasteiger partial charge in [-0.25, -0.2) is 19.2 Å². The third kappa shape index (κ3) is 8.61. The van der Waals surface area contributed by atoms with Crippen LogP contribution < -0.4 is 5.32 Å². The van der Waals surface area contributed by atoms with Crippen molar-refractivity contribution in [3.05, 3.63) is 34.9 Å². The molecule has 0 aromatic heterocycles. The molecule has 3 N–H and O–H groups in total. The average Bonchev–Trinajstić information content (AvgIpc) is 3.50. The highest BCUT2D eigenvalue weighted by molar-refractivity contribution is 5.95. The summed E-state index contributed by atoms with van der Waals surface area (Å²) in [5.41, 5.74) is -8.89. The molecule has 5 rings (SSSR count). The first-order valence-electron chi connectivity index (χ1n) is 20.9. The van der Waals surface area contributed by atoms with E-state index in [2.05, 4.69) is 5.32 Å². The molecule has 2 heterocycles. The number of aliphatic hydroxyl groups is 2. The zero-order chi connectivity index (χ0) is 46.5. The predicted octanol–water partition coefficient (Wildman–Crippen LogP) is 3.87. The van der Waals surface area contributed by atoms with Crippen LogP contribution in [0.4, 0.5) is 9.59 Å². The van der Waals surface area contributed by atoms with Crippen LogP contribution in [0, 0.1) is 22.7 Å². The summed E-state index contributed by atoms with van der Waals surface area (Å²) < 4.78 is 47.8. The van der Waals surface area contributed by atoms with E-state index in [1.54, 1.807) is 54.5 Å². The predicted molar refractivity (Wildman–Crippen MR) is 215 cm³/mol. The van der Waals surface area contributed by atoms with E-state index in [0.717, 1.165) is 13.8 Å². The summed E-state index contributed by atoms with van der Waals surface area (Å²) in [6.07, 6.45) is -7.44. The standard InChI is InChI=1S/C44H61NO17/c1-21(2)18-27(45-38(53)61-40(7,8)9)29(49)37(52)57-30-22(3)28-31(56-24(5)47)33(50)42(12,23(4)46)32(43(19-55-20-43)60-25(6)48)35(58-36(51)26-16-14-13-15-17-26)44(41(28,10)11)34(30)59-39(54)62-44/h13-14,16,21,23,27,29-32,34-35,46,49H,15,17-20H2,1-12H3,(H,45,53)/t23-,27-,29+,30+,31+,32-,34-,35-,42?,44+/m0/s1. The van der Waals surface area contributed by atoms with Crippen molar-refractivity contribution in [3.63, 3.8) is 0 Å². The van der Waals surface area contributed by atoms with Gasteiger partial charge in [-0.2, -0.15) is 0 Å². The largest absolute Gasteiger partial charge is 0.509 e. The molecule has 62 heavy (non-hydrogen) atoms. The van der Waals surface area contributed by atoms with Crippen LogP contribution in [-0.2, 0) is 61.9 Å². The molecule has 18 nitrogen and oxygen atoms in total. The molecule has 1 amide bonds. The number of amides is 1. The fourth-order valence-electron chi connectivity index (χ4n) is 9.82. The Balaban J connectivity index is 1.81. The number of ketones is 1. The van der Waals surface area contributed by atoms with Crippen molar-refractivity contribution in [2.24, 2.45) is 22.7 Å². The highest BCUT2D eigenvalue weighted by Crippen LogP contribution is 2.64. The maximum atomic E-state index is 15.6. The van der Waals surface area contributed by atoms with Crippen molar-refractivity contribution in [2.45, 2.75) is 162 Å². The summed E-state index contributed by atoms with van der Waals surface area (Å²) in [4.78, 5) is 97.3. The lowest BCUT2D eigenvalue weighted by Gasteiger charge is -2.63. The summed E-state index contributed by atoms with van der Waals surface area (Å²) in [6.45, 7) is 17.1. The Bertz CT molecular complexity index is 1930. The van der Waals surface area contributed by atoms with E-state index >= 15 is 4.79 Å². The molecule has 1 saturated carbocycles. The molecule has 5 aliphatic rings. The van der Waals surface area contributed by atoms with E-state index < -0.39 is 118 Å². The van der Waals surface area contributed by atoms with Gasteiger partial charge < -0.3 is 53.4 Å². The highest BCUT2D eigenvalue weighted by atomic mass is 16.8. The molecule has 2 saturated heterocycles. The second-order valence-corrected chi connectivity index (χ2v) is 19.0. The topological polar surface area (TPSA) is 246 Å². The molecule has 0 radical (unpaired) electrons. The molecule has 344 valence electrons. The summed E-state index contributed by atoms with van der Waals surface area (Å²) in [5, 5.41) is 26.1. The lowest BCUT2D eigenvalue weighted by Crippen LogP contribution is -2.79. The highest BCUT2D eigenvalue weighted by Gasteiger charge is 2.81. The number of rotatable bonds is 12. The van der Waals surface area contributed by atoms with Crippen molar-refractivity contribution in [2.75, 3.05) is 13.2 Å². The second-order valence-electron chi connectivity index (χ2n) is 19.0. The van der Waals surface area contributed by atoms with Gasteiger partial charge in [-0.3, -0.25) is 14.4 Å². The number of carbonyl (C=O) groups excluding carboxylic acids is 7. The fourth-order valence-corrected chi connectivity index (χ4v) is 9.82. The minimum atomic E-state index is -2.36. The Morgan fingerprint density at radius 2 is 1.61 bits per heavy atom. The molecule has 2 bridgehead atoms. The molecule has 3 fully saturated rings. The lowest BCUT2D eigenvalue weighted by atomic mass is 9.47. The van der Waals surface area contributed by atoms with Crippen LogP contribution in [0.5, 0.6) is 0 Å². The fraction of sp³-hybridized carbons (Fsp3) is 0.705. The van der Waals surface area contributed by atoms with E-state index in [1.807, 2.05) is 6.08 Å². The first kappa shape index (κ1) is 48.2.